The maximum Gasteiger partial charge on any atom is 0.246 e. The molecule has 2 aliphatic heterocycles. The predicted molar refractivity (Wildman–Crippen MR) is 134 cm³/mol. The number of carbonyl (C=O) groups excluding carboxylic acids is 1. The number of piperazine rings is 1. The normalized spacial score (nSPS) is 19.3. The molecule has 3 heterocycles. The molecule has 0 unspecified atom stereocenters. The Kier molecular flexibility index (Phi) is 6.42. The first-order valence-corrected chi connectivity index (χ1v) is 11.7. The number of amides is 1. The van der Waals surface area contributed by atoms with Gasteiger partial charge in [0.1, 0.15) is 6.10 Å². The van der Waals surface area contributed by atoms with Crippen molar-refractivity contribution in [1.82, 2.24) is 19.8 Å². The van der Waals surface area contributed by atoms with Crippen LogP contribution in [-0.4, -0.2) is 78.6 Å². The van der Waals surface area contributed by atoms with Crippen molar-refractivity contribution in [2.75, 3.05) is 63.1 Å². The molecule has 1 aromatic heterocycles. The minimum Gasteiger partial charge on any atom is -0.370 e. The van der Waals surface area contributed by atoms with Crippen LogP contribution in [0.1, 0.15) is 11.7 Å². The summed E-state index contributed by atoms with van der Waals surface area (Å²) in [7, 11) is 2.16. The van der Waals surface area contributed by atoms with Gasteiger partial charge in [-0.3, -0.25) is 4.79 Å². The number of para-hydroxylation sites is 1. The van der Waals surface area contributed by atoms with Crippen molar-refractivity contribution < 1.29 is 9.53 Å². The van der Waals surface area contributed by atoms with Crippen LogP contribution in [0.4, 0.5) is 17.3 Å². The first-order valence-electron chi connectivity index (χ1n) is 11.7. The monoisotopic (exact) mass is 458 g/mol. The molecule has 34 heavy (non-hydrogen) atoms. The summed E-state index contributed by atoms with van der Waals surface area (Å²) in [5.41, 5.74) is 3.95. The molecule has 1 N–H and O–H groups in total. The second-order valence-corrected chi connectivity index (χ2v) is 8.79. The highest BCUT2D eigenvalue weighted by molar-refractivity contribution is 5.87. The Bertz CT molecular complexity index is 1170. The summed E-state index contributed by atoms with van der Waals surface area (Å²) in [6.45, 7) is 9.37. The summed E-state index contributed by atoms with van der Waals surface area (Å²) in [5, 5.41) is 4.27. The van der Waals surface area contributed by atoms with Gasteiger partial charge in [-0.25, -0.2) is 9.97 Å². The highest BCUT2D eigenvalue weighted by Gasteiger charge is 2.26. The summed E-state index contributed by atoms with van der Waals surface area (Å²) >= 11 is 0. The summed E-state index contributed by atoms with van der Waals surface area (Å²) in [4.78, 5) is 28.0. The lowest BCUT2D eigenvalue weighted by Gasteiger charge is -2.34. The van der Waals surface area contributed by atoms with Crippen molar-refractivity contribution in [2.45, 2.75) is 6.10 Å². The topological polar surface area (TPSA) is 73.8 Å². The van der Waals surface area contributed by atoms with Gasteiger partial charge in [-0.05, 0) is 37.4 Å². The maximum atomic E-state index is 12.1. The van der Waals surface area contributed by atoms with Crippen LogP contribution < -0.4 is 10.2 Å². The Labute approximate surface area is 199 Å². The van der Waals surface area contributed by atoms with Gasteiger partial charge in [-0.1, -0.05) is 24.8 Å². The average molecular weight is 459 g/mol. The zero-order chi connectivity index (χ0) is 23.5. The molecule has 0 aliphatic carbocycles. The fourth-order valence-corrected chi connectivity index (χ4v) is 4.51. The number of nitrogens with one attached hydrogen (secondary N) is 1. The lowest BCUT2D eigenvalue weighted by molar-refractivity contribution is -0.133. The average Bonchev–Trinajstić information content (AvgIpc) is 2.89. The Morgan fingerprint density at radius 2 is 1.91 bits per heavy atom. The van der Waals surface area contributed by atoms with Crippen LogP contribution in [0, 0.1) is 0 Å². The van der Waals surface area contributed by atoms with Crippen LogP contribution in [0.2, 0.25) is 0 Å². The second kappa shape index (κ2) is 9.79. The van der Waals surface area contributed by atoms with Gasteiger partial charge in [0.05, 0.1) is 18.7 Å². The summed E-state index contributed by atoms with van der Waals surface area (Å²) in [5.74, 6) is 0.452. The molecule has 0 bridgehead atoms. The minimum absolute atomic E-state index is 0.0782. The zero-order valence-corrected chi connectivity index (χ0v) is 19.5. The molecule has 8 nitrogen and oxygen atoms in total. The van der Waals surface area contributed by atoms with Crippen LogP contribution >= 0.6 is 0 Å². The van der Waals surface area contributed by atoms with Crippen LogP contribution in [0.3, 0.4) is 0 Å². The number of hydrogen-bond donors (Lipinski definition) is 1. The molecule has 2 fully saturated rings. The van der Waals surface area contributed by atoms with Gasteiger partial charge >= 0.3 is 0 Å². The molecule has 2 aliphatic rings. The van der Waals surface area contributed by atoms with E-state index in [0.29, 0.717) is 25.6 Å². The summed E-state index contributed by atoms with van der Waals surface area (Å²) in [6, 6.07) is 14.4. The number of aromatic nitrogens is 2. The van der Waals surface area contributed by atoms with Crippen molar-refractivity contribution in [3.8, 4) is 0 Å². The fraction of sp³-hybridized carbons (Fsp3) is 0.346. The SMILES string of the molecule is C=CC(=O)N1CCO[C@@H](c2cccc3cnc(Nc4ccc(N5CCN(C)CC5)cc4)nc23)C1. The smallest absolute Gasteiger partial charge is 0.246 e. The molecule has 0 spiro atoms. The standard InChI is InChI=1S/C26H30N6O2/c1-3-24(33)32-15-16-34-23(18-32)22-6-4-5-19-17-27-26(29-25(19)22)28-20-7-9-21(10-8-20)31-13-11-30(2)12-14-31/h3-10,17,23H,1,11-16,18H2,2H3,(H,27,28,29)/t23-/m1/s1. The molecule has 2 saturated heterocycles. The predicted octanol–water partition coefficient (Wildman–Crippen LogP) is 3.21. The maximum absolute atomic E-state index is 12.1. The Balaban J connectivity index is 1.35. The van der Waals surface area contributed by atoms with E-state index in [-0.39, 0.29) is 12.0 Å². The number of rotatable bonds is 5. The van der Waals surface area contributed by atoms with E-state index in [1.54, 1.807) is 4.90 Å². The molecule has 1 amide bonds. The number of anilines is 3. The Morgan fingerprint density at radius 1 is 1.12 bits per heavy atom. The van der Waals surface area contributed by atoms with Gasteiger partial charge in [0.2, 0.25) is 11.9 Å². The van der Waals surface area contributed by atoms with Crippen molar-refractivity contribution >= 4 is 34.1 Å². The van der Waals surface area contributed by atoms with E-state index in [0.717, 1.165) is 48.3 Å². The number of hydrogen-bond acceptors (Lipinski definition) is 7. The number of likely N-dealkylation sites (N-methyl/N-ethyl adjacent to an activating group) is 1. The summed E-state index contributed by atoms with van der Waals surface area (Å²) < 4.78 is 6.02. The van der Waals surface area contributed by atoms with Gasteiger partial charge in [-0.15, -0.1) is 0 Å². The number of carbonyl (C=O) groups is 1. The van der Waals surface area contributed by atoms with Crippen LogP contribution in [0.5, 0.6) is 0 Å². The Morgan fingerprint density at radius 3 is 2.68 bits per heavy atom. The van der Waals surface area contributed by atoms with Crippen LogP contribution in [0.25, 0.3) is 10.9 Å². The molecule has 0 saturated carbocycles. The van der Waals surface area contributed by atoms with Gasteiger partial charge < -0.3 is 24.8 Å². The van der Waals surface area contributed by atoms with Crippen LogP contribution in [-0.2, 0) is 9.53 Å². The zero-order valence-electron chi connectivity index (χ0n) is 19.5. The Hall–Kier alpha value is -3.49. The second-order valence-electron chi connectivity index (χ2n) is 8.79. The third-order valence-corrected chi connectivity index (χ3v) is 6.53. The highest BCUT2D eigenvalue weighted by atomic mass is 16.5. The molecule has 2 aromatic carbocycles. The lowest BCUT2D eigenvalue weighted by atomic mass is 10.0. The van der Waals surface area contributed by atoms with Crippen molar-refractivity contribution in [1.29, 1.82) is 0 Å². The number of fused-ring (bicyclic) bond motifs is 1. The van der Waals surface area contributed by atoms with Gasteiger partial charge in [0, 0.05) is 61.2 Å². The molecular formula is C26H30N6O2. The molecule has 176 valence electrons. The number of benzene rings is 2. The van der Waals surface area contributed by atoms with Crippen LogP contribution in [0.15, 0.2) is 61.3 Å². The van der Waals surface area contributed by atoms with E-state index in [1.807, 2.05) is 24.4 Å². The van der Waals surface area contributed by atoms with Crippen molar-refractivity contribution in [3.63, 3.8) is 0 Å². The molecule has 5 rings (SSSR count). The quantitative estimate of drug-likeness (QED) is 0.589. The lowest BCUT2D eigenvalue weighted by Crippen LogP contribution is -2.44. The summed E-state index contributed by atoms with van der Waals surface area (Å²) in [6.07, 6.45) is 2.93. The van der Waals surface area contributed by atoms with Crippen molar-refractivity contribution in [2.24, 2.45) is 0 Å². The number of nitrogens with zero attached hydrogens (tertiary/aromatic N) is 5. The van der Waals surface area contributed by atoms with Gasteiger partial charge in [-0.2, -0.15) is 0 Å². The number of ether oxygens (including phenoxy) is 1. The van der Waals surface area contributed by atoms with Gasteiger partial charge in [0.15, 0.2) is 0 Å². The third-order valence-electron chi connectivity index (χ3n) is 6.53. The fourth-order valence-electron chi connectivity index (χ4n) is 4.51. The molecule has 0 radical (unpaired) electrons. The molecule has 8 heteroatoms. The molecule has 3 aromatic rings. The van der Waals surface area contributed by atoms with E-state index >= 15 is 0 Å². The minimum atomic E-state index is -0.244. The third kappa shape index (κ3) is 4.73. The molecular weight excluding hydrogens is 428 g/mol. The number of morpholine rings is 1. The first kappa shape index (κ1) is 22.3. The largest absolute Gasteiger partial charge is 0.370 e. The van der Waals surface area contributed by atoms with E-state index in [2.05, 4.69) is 58.0 Å². The van der Waals surface area contributed by atoms with Crippen molar-refractivity contribution in [3.05, 3.63) is 66.9 Å². The molecule has 1 atom stereocenters. The first-order chi connectivity index (χ1) is 16.6. The van der Waals surface area contributed by atoms with E-state index < -0.39 is 0 Å². The van der Waals surface area contributed by atoms with E-state index in [4.69, 9.17) is 9.72 Å². The highest BCUT2D eigenvalue weighted by Crippen LogP contribution is 2.29. The van der Waals surface area contributed by atoms with E-state index in [1.165, 1.54) is 11.8 Å². The van der Waals surface area contributed by atoms with Gasteiger partial charge in [0.25, 0.3) is 0 Å². The van der Waals surface area contributed by atoms with E-state index in [9.17, 15) is 4.79 Å².